The molecule has 0 aliphatic carbocycles. The molecule has 0 aliphatic rings. The van der Waals surface area contributed by atoms with Crippen molar-refractivity contribution < 1.29 is 9.18 Å². The van der Waals surface area contributed by atoms with Crippen LogP contribution in [0, 0.1) is 0 Å². The topological polar surface area (TPSA) is 72.9 Å². The summed E-state index contributed by atoms with van der Waals surface area (Å²) in [4.78, 5) is 11.2. The highest BCUT2D eigenvalue weighted by Crippen LogP contribution is 2.20. The number of carbonyl (C=O) groups is 1. The van der Waals surface area contributed by atoms with E-state index in [-0.39, 0.29) is 19.0 Å². The van der Waals surface area contributed by atoms with Gasteiger partial charge < -0.3 is 11.1 Å². The first-order chi connectivity index (χ1) is 11.7. The zero-order chi connectivity index (χ0) is 16.9. The summed E-state index contributed by atoms with van der Waals surface area (Å²) in [6.07, 6.45) is 2.10. The number of nitrogens with one attached hydrogen (secondary N) is 1. The average Bonchev–Trinajstić information content (AvgIpc) is 3.00. The van der Waals surface area contributed by atoms with Crippen molar-refractivity contribution in [1.29, 1.82) is 0 Å². The van der Waals surface area contributed by atoms with Crippen LogP contribution in [0.2, 0.25) is 0 Å². The van der Waals surface area contributed by atoms with E-state index < -0.39 is 0 Å². The van der Waals surface area contributed by atoms with E-state index in [9.17, 15) is 9.18 Å². The molecule has 0 unspecified atom stereocenters. The molecule has 0 bridgehead atoms. The second kappa shape index (κ2) is 7.23. The summed E-state index contributed by atoms with van der Waals surface area (Å²) in [7, 11) is 0. The molecule has 2 aromatic carbocycles. The van der Waals surface area contributed by atoms with Gasteiger partial charge in [0.25, 0.3) is 0 Å². The van der Waals surface area contributed by atoms with Gasteiger partial charge in [0.2, 0.25) is 5.91 Å². The van der Waals surface area contributed by atoms with Crippen molar-refractivity contribution in [3.05, 3.63) is 59.8 Å². The summed E-state index contributed by atoms with van der Waals surface area (Å²) in [5.74, 6) is -0.373. The van der Waals surface area contributed by atoms with Crippen LogP contribution in [0.4, 0.5) is 4.39 Å². The van der Waals surface area contributed by atoms with Gasteiger partial charge in [-0.3, -0.25) is 4.79 Å². The maximum Gasteiger partial charge on any atom is 0.221 e. The normalized spacial score (nSPS) is 11.0. The minimum Gasteiger partial charge on any atom is -0.369 e. The molecule has 124 valence electrons. The molecule has 0 atom stereocenters. The molecule has 1 aromatic heterocycles. The van der Waals surface area contributed by atoms with Crippen LogP contribution in [-0.4, -0.2) is 28.9 Å². The van der Waals surface area contributed by atoms with Crippen LogP contribution < -0.4 is 11.1 Å². The number of alkyl halides is 1. The van der Waals surface area contributed by atoms with Crippen molar-refractivity contribution in [2.45, 2.75) is 13.0 Å². The molecule has 0 saturated carbocycles. The Morgan fingerprint density at radius 2 is 2.00 bits per heavy atom. The highest BCUT2D eigenvalue weighted by Gasteiger charge is 2.09. The lowest BCUT2D eigenvalue weighted by atomic mass is 10.1. The first-order valence-corrected chi connectivity index (χ1v) is 7.79. The number of hydrogen-bond acceptors (Lipinski definition) is 3. The van der Waals surface area contributed by atoms with Crippen LogP contribution >= 0.6 is 0 Å². The minimum atomic E-state index is -0.373. The fourth-order valence-corrected chi connectivity index (χ4v) is 2.63. The lowest BCUT2D eigenvalue weighted by molar-refractivity contribution is -0.117. The van der Waals surface area contributed by atoms with Crippen molar-refractivity contribution in [1.82, 2.24) is 15.1 Å². The van der Waals surface area contributed by atoms with Crippen LogP contribution in [0.1, 0.15) is 11.1 Å². The van der Waals surface area contributed by atoms with Gasteiger partial charge in [-0.1, -0.05) is 30.3 Å². The Bertz CT molecular complexity index is 842. The predicted octanol–water partition coefficient (Wildman–Crippen LogP) is 2.11. The van der Waals surface area contributed by atoms with Gasteiger partial charge in [0.15, 0.2) is 0 Å². The number of halogens is 1. The molecular weight excluding hydrogens is 307 g/mol. The number of amides is 1. The van der Waals surface area contributed by atoms with Crippen LogP contribution in [0.5, 0.6) is 0 Å². The van der Waals surface area contributed by atoms with Crippen molar-refractivity contribution in [2.75, 3.05) is 13.2 Å². The molecule has 6 heteroatoms. The third-order valence-electron chi connectivity index (χ3n) is 3.79. The standard InChI is InChI=1S/C18H19FN4O/c19-8-9-21-11-13-4-6-16(7-5-13)23-12-15-3-1-2-14(10-17(20)24)18(15)22-23/h1-7,12,21H,8-11H2,(H2,20,24). The second-order valence-electron chi connectivity index (χ2n) is 5.60. The van der Waals surface area contributed by atoms with Crippen molar-refractivity contribution >= 4 is 16.8 Å². The monoisotopic (exact) mass is 326 g/mol. The van der Waals surface area contributed by atoms with E-state index in [0.29, 0.717) is 13.1 Å². The fraction of sp³-hybridized carbons (Fsp3) is 0.222. The van der Waals surface area contributed by atoms with Crippen LogP contribution in [0.15, 0.2) is 48.7 Å². The quantitative estimate of drug-likeness (QED) is 0.653. The van der Waals surface area contributed by atoms with Gasteiger partial charge in [0.1, 0.15) is 6.67 Å². The molecule has 5 nitrogen and oxygen atoms in total. The van der Waals surface area contributed by atoms with Crippen molar-refractivity contribution in [3.63, 3.8) is 0 Å². The van der Waals surface area contributed by atoms with Crippen molar-refractivity contribution in [2.24, 2.45) is 5.73 Å². The van der Waals surface area contributed by atoms with Crippen LogP contribution in [0.3, 0.4) is 0 Å². The van der Waals surface area contributed by atoms with Gasteiger partial charge in [0.05, 0.1) is 17.6 Å². The third kappa shape index (κ3) is 3.60. The van der Waals surface area contributed by atoms with Gasteiger partial charge in [-0.05, 0) is 23.3 Å². The zero-order valence-electron chi connectivity index (χ0n) is 13.2. The lowest BCUT2D eigenvalue weighted by Gasteiger charge is -2.05. The Balaban J connectivity index is 1.85. The summed E-state index contributed by atoms with van der Waals surface area (Å²) in [5.41, 5.74) is 8.91. The molecule has 0 aliphatic heterocycles. The molecular formula is C18H19FN4O. The van der Waals surface area contributed by atoms with Crippen LogP contribution in [0.25, 0.3) is 16.6 Å². The smallest absolute Gasteiger partial charge is 0.221 e. The number of rotatable bonds is 7. The molecule has 0 radical (unpaired) electrons. The van der Waals surface area contributed by atoms with Gasteiger partial charge in [-0.2, -0.15) is 5.10 Å². The maximum atomic E-state index is 12.1. The van der Waals surface area contributed by atoms with Gasteiger partial charge >= 0.3 is 0 Å². The van der Waals surface area contributed by atoms with Gasteiger partial charge in [-0.25, -0.2) is 9.07 Å². The largest absolute Gasteiger partial charge is 0.369 e. The van der Waals surface area contributed by atoms with E-state index in [2.05, 4.69) is 10.4 Å². The van der Waals surface area contributed by atoms with Crippen LogP contribution in [-0.2, 0) is 17.8 Å². The summed E-state index contributed by atoms with van der Waals surface area (Å²) >= 11 is 0. The van der Waals surface area contributed by atoms with E-state index in [1.54, 1.807) is 4.68 Å². The molecule has 3 rings (SSSR count). The Hall–Kier alpha value is -2.73. The number of nitrogens with zero attached hydrogens (tertiary/aromatic N) is 2. The Labute approximate surface area is 139 Å². The minimum absolute atomic E-state index is 0.174. The fourth-order valence-electron chi connectivity index (χ4n) is 2.63. The lowest BCUT2D eigenvalue weighted by Crippen LogP contribution is -2.15. The number of fused-ring (bicyclic) bond motifs is 1. The Morgan fingerprint density at radius 3 is 2.71 bits per heavy atom. The number of carbonyl (C=O) groups excluding carboxylic acids is 1. The molecule has 0 fully saturated rings. The maximum absolute atomic E-state index is 12.1. The summed E-state index contributed by atoms with van der Waals surface area (Å²) in [6, 6.07) is 13.6. The molecule has 0 spiro atoms. The van der Waals surface area contributed by atoms with E-state index >= 15 is 0 Å². The van der Waals surface area contributed by atoms with Crippen molar-refractivity contribution in [3.8, 4) is 5.69 Å². The Morgan fingerprint density at radius 1 is 1.21 bits per heavy atom. The SMILES string of the molecule is NC(=O)Cc1cccc2cn(-c3ccc(CNCCF)cc3)nc12. The molecule has 1 heterocycles. The number of benzene rings is 2. The molecule has 3 aromatic rings. The number of aromatic nitrogens is 2. The van der Waals surface area contributed by atoms with E-state index in [4.69, 9.17) is 5.73 Å². The number of hydrogen-bond donors (Lipinski definition) is 2. The molecule has 1 amide bonds. The number of nitrogens with two attached hydrogens (primary N) is 1. The summed E-state index contributed by atoms with van der Waals surface area (Å²) < 4.78 is 13.9. The van der Waals surface area contributed by atoms with E-state index in [1.165, 1.54) is 0 Å². The highest BCUT2D eigenvalue weighted by atomic mass is 19.1. The van der Waals surface area contributed by atoms with Gasteiger partial charge in [0, 0.05) is 24.7 Å². The predicted molar refractivity (Wildman–Crippen MR) is 91.7 cm³/mol. The molecule has 0 saturated heterocycles. The average molecular weight is 326 g/mol. The second-order valence-corrected chi connectivity index (χ2v) is 5.60. The first kappa shape index (κ1) is 16.1. The summed E-state index contributed by atoms with van der Waals surface area (Å²) in [5, 5.41) is 8.56. The van der Waals surface area contributed by atoms with E-state index in [0.717, 1.165) is 27.7 Å². The molecule has 24 heavy (non-hydrogen) atoms. The highest BCUT2D eigenvalue weighted by molar-refractivity contribution is 5.87. The third-order valence-corrected chi connectivity index (χ3v) is 3.79. The Kier molecular flexibility index (Phi) is 4.86. The van der Waals surface area contributed by atoms with Gasteiger partial charge in [-0.15, -0.1) is 0 Å². The van der Waals surface area contributed by atoms with E-state index in [1.807, 2.05) is 48.7 Å². The first-order valence-electron chi connectivity index (χ1n) is 7.79. The number of primary amides is 1. The zero-order valence-corrected chi connectivity index (χ0v) is 13.2. The summed E-state index contributed by atoms with van der Waals surface area (Å²) in [6.45, 7) is 0.620. The molecule has 3 N–H and O–H groups in total.